The van der Waals surface area contributed by atoms with Gasteiger partial charge in [0.2, 0.25) is 10.0 Å². The van der Waals surface area contributed by atoms with Gasteiger partial charge in [-0.3, -0.25) is 10.2 Å². The zero-order valence-corrected chi connectivity index (χ0v) is 11.1. The summed E-state index contributed by atoms with van der Waals surface area (Å²) in [6, 6.07) is -0.0569. The molecule has 6 nitrogen and oxygen atoms in total. The van der Waals surface area contributed by atoms with Crippen LogP contribution in [0.1, 0.15) is 46.0 Å². The van der Waals surface area contributed by atoms with Crippen molar-refractivity contribution >= 4 is 15.9 Å². The molecule has 0 unspecified atom stereocenters. The van der Waals surface area contributed by atoms with Crippen LogP contribution in [0.15, 0.2) is 0 Å². The molecule has 0 atom stereocenters. The number of carbonyl (C=O) groups excluding carboxylic acids is 1. The van der Waals surface area contributed by atoms with Gasteiger partial charge in [-0.15, -0.1) is 0 Å². The highest BCUT2D eigenvalue weighted by Crippen LogP contribution is 2.22. The van der Waals surface area contributed by atoms with Gasteiger partial charge < -0.3 is 0 Å². The summed E-state index contributed by atoms with van der Waals surface area (Å²) in [5.41, 5.74) is 1.89. The fourth-order valence-electron chi connectivity index (χ4n) is 1.88. The quantitative estimate of drug-likeness (QED) is 0.378. The average Bonchev–Trinajstić information content (AvgIpc) is 2.28. The molecule has 1 amide bonds. The number of rotatable bonds is 4. The summed E-state index contributed by atoms with van der Waals surface area (Å²) in [5, 5.41) is 0. The molecule has 1 fully saturated rings. The highest BCUT2D eigenvalue weighted by molar-refractivity contribution is 7.91. The predicted octanol–water partition coefficient (Wildman–Crippen LogP) is 0.00700. The number of carbonyl (C=O) groups is 1. The third-order valence-corrected chi connectivity index (χ3v) is 5.45. The molecule has 17 heavy (non-hydrogen) atoms. The van der Waals surface area contributed by atoms with Gasteiger partial charge in [-0.25, -0.2) is 19.0 Å². The third kappa shape index (κ3) is 3.17. The molecule has 0 aliphatic heterocycles. The van der Waals surface area contributed by atoms with Crippen LogP contribution in [0.2, 0.25) is 0 Å². The second kappa shape index (κ2) is 5.32. The highest BCUT2D eigenvalue weighted by atomic mass is 32.2. The normalized spacial score (nSPS) is 19.0. The van der Waals surface area contributed by atoms with E-state index >= 15 is 0 Å². The number of hydrogen-bond acceptors (Lipinski definition) is 4. The molecule has 4 N–H and O–H groups in total. The van der Waals surface area contributed by atoms with Crippen LogP contribution in [0.25, 0.3) is 0 Å². The summed E-state index contributed by atoms with van der Waals surface area (Å²) >= 11 is 0. The fraction of sp³-hybridized carbons (Fsp3) is 0.900. The molecule has 0 saturated heterocycles. The zero-order valence-electron chi connectivity index (χ0n) is 10.3. The Balaban J connectivity index is 2.76. The van der Waals surface area contributed by atoms with Crippen molar-refractivity contribution in [2.24, 2.45) is 5.84 Å². The van der Waals surface area contributed by atoms with Crippen molar-refractivity contribution in [3.05, 3.63) is 0 Å². The van der Waals surface area contributed by atoms with E-state index in [4.69, 9.17) is 5.84 Å². The number of amides is 1. The first-order valence-corrected chi connectivity index (χ1v) is 7.32. The van der Waals surface area contributed by atoms with Gasteiger partial charge in [-0.2, -0.15) is 0 Å². The molecule has 0 aromatic heterocycles. The maximum absolute atomic E-state index is 12.1. The Hall–Kier alpha value is -0.660. The molecule has 1 saturated carbocycles. The van der Waals surface area contributed by atoms with Gasteiger partial charge in [-0.05, 0) is 26.7 Å². The van der Waals surface area contributed by atoms with Crippen LogP contribution < -0.4 is 16.0 Å². The third-order valence-electron chi connectivity index (χ3n) is 3.28. The monoisotopic (exact) mass is 263 g/mol. The SMILES string of the molecule is CC(C)(C(=O)NN)S(=O)(=O)NC1CCCCC1. The highest BCUT2D eigenvalue weighted by Gasteiger charge is 2.42. The van der Waals surface area contributed by atoms with Crippen molar-refractivity contribution in [1.82, 2.24) is 10.1 Å². The smallest absolute Gasteiger partial charge is 0.256 e. The zero-order chi connectivity index (χ0) is 13.1. The van der Waals surface area contributed by atoms with E-state index in [1.54, 1.807) is 0 Å². The lowest BCUT2D eigenvalue weighted by Crippen LogP contribution is -2.56. The van der Waals surface area contributed by atoms with Gasteiger partial charge in [0.1, 0.15) is 0 Å². The van der Waals surface area contributed by atoms with Crippen molar-refractivity contribution in [3.63, 3.8) is 0 Å². The summed E-state index contributed by atoms with van der Waals surface area (Å²) in [6.07, 6.45) is 4.86. The van der Waals surface area contributed by atoms with E-state index in [9.17, 15) is 13.2 Å². The molecule has 1 aliphatic carbocycles. The van der Waals surface area contributed by atoms with Crippen molar-refractivity contribution < 1.29 is 13.2 Å². The van der Waals surface area contributed by atoms with E-state index < -0.39 is 20.7 Å². The summed E-state index contributed by atoms with van der Waals surface area (Å²) < 4.78 is 25.2. The standard InChI is InChI=1S/C10H21N3O3S/c1-10(2,9(14)12-11)17(15,16)13-8-6-4-3-5-7-8/h8,13H,3-7,11H2,1-2H3,(H,12,14). The van der Waals surface area contributed by atoms with Gasteiger partial charge >= 0.3 is 0 Å². The van der Waals surface area contributed by atoms with Crippen molar-refractivity contribution in [2.45, 2.75) is 56.7 Å². The van der Waals surface area contributed by atoms with Crippen LogP contribution in [0, 0.1) is 0 Å². The van der Waals surface area contributed by atoms with Gasteiger partial charge in [0, 0.05) is 6.04 Å². The minimum atomic E-state index is -3.71. The summed E-state index contributed by atoms with van der Waals surface area (Å²) in [4.78, 5) is 11.5. The molecule has 0 heterocycles. The molecule has 0 aromatic carbocycles. The van der Waals surface area contributed by atoms with E-state index in [2.05, 4.69) is 4.72 Å². The first-order chi connectivity index (χ1) is 7.81. The first-order valence-electron chi connectivity index (χ1n) is 5.84. The Kier molecular flexibility index (Phi) is 4.51. The second-order valence-corrected chi connectivity index (χ2v) is 7.20. The number of nitrogens with one attached hydrogen (secondary N) is 2. The lowest BCUT2D eigenvalue weighted by Gasteiger charge is -2.28. The van der Waals surface area contributed by atoms with Gasteiger partial charge in [0.05, 0.1) is 0 Å². The molecule has 100 valence electrons. The Morgan fingerprint density at radius 3 is 2.24 bits per heavy atom. The molecule has 7 heteroatoms. The van der Waals surface area contributed by atoms with E-state index in [0.717, 1.165) is 32.1 Å². The largest absolute Gasteiger partial charge is 0.293 e. The van der Waals surface area contributed by atoms with Crippen LogP contribution in [0.3, 0.4) is 0 Å². The van der Waals surface area contributed by atoms with E-state index in [-0.39, 0.29) is 6.04 Å². The van der Waals surface area contributed by atoms with E-state index in [1.165, 1.54) is 13.8 Å². The fourth-order valence-corrected chi connectivity index (χ4v) is 3.16. The van der Waals surface area contributed by atoms with Crippen molar-refractivity contribution in [1.29, 1.82) is 0 Å². The molecular formula is C10H21N3O3S. The minimum absolute atomic E-state index is 0.0569. The number of hydrazine groups is 1. The van der Waals surface area contributed by atoms with E-state index in [0.29, 0.717) is 0 Å². The van der Waals surface area contributed by atoms with Gasteiger partial charge in [0.25, 0.3) is 5.91 Å². The lowest BCUT2D eigenvalue weighted by atomic mass is 9.96. The predicted molar refractivity (Wildman–Crippen MR) is 65.3 cm³/mol. The molecule has 1 aliphatic rings. The lowest BCUT2D eigenvalue weighted by molar-refractivity contribution is -0.122. The van der Waals surface area contributed by atoms with Crippen molar-refractivity contribution in [2.75, 3.05) is 0 Å². The Morgan fingerprint density at radius 1 is 1.24 bits per heavy atom. The first kappa shape index (κ1) is 14.4. The van der Waals surface area contributed by atoms with Crippen LogP contribution >= 0.6 is 0 Å². The number of hydrogen-bond donors (Lipinski definition) is 3. The van der Waals surface area contributed by atoms with Crippen LogP contribution in [0.4, 0.5) is 0 Å². The summed E-state index contributed by atoms with van der Waals surface area (Å²) in [5.74, 6) is 4.29. The Bertz CT molecular complexity index is 372. The molecule has 0 bridgehead atoms. The van der Waals surface area contributed by atoms with E-state index in [1.807, 2.05) is 5.43 Å². The molecule has 1 rings (SSSR count). The van der Waals surface area contributed by atoms with Gasteiger partial charge in [0.15, 0.2) is 4.75 Å². The minimum Gasteiger partial charge on any atom is -0.293 e. The maximum atomic E-state index is 12.1. The molecule has 0 spiro atoms. The van der Waals surface area contributed by atoms with Crippen LogP contribution in [-0.4, -0.2) is 25.1 Å². The number of sulfonamides is 1. The van der Waals surface area contributed by atoms with Crippen LogP contribution in [0.5, 0.6) is 0 Å². The second-order valence-electron chi connectivity index (χ2n) is 4.94. The molecule has 0 radical (unpaired) electrons. The summed E-state index contributed by atoms with van der Waals surface area (Å²) in [6.45, 7) is 2.70. The molecular weight excluding hydrogens is 242 g/mol. The Morgan fingerprint density at radius 2 is 1.76 bits per heavy atom. The molecule has 0 aromatic rings. The van der Waals surface area contributed by atoms with Gasteiger partial charge in [-0.1, -0.05) is 19.3 Å². The van der Waals surface area contributed by atoms with Crippen molar-refractivity contribution in [3.8, 4) is 0 Å². The maximum Gasteiger partial charge on any atom is 0.256 e. The Labute approximate surface area is 102 Å². The summed E-state index contributed by atoms with van der Waals surface area (Å²) in [7, 11) is -3.71. The topological polar surface area (TPSA) is 101 Å². The average molecular weight is 263 g/mol. The number of nitrogens with two attached hydrogens (primary N) is 1. The van der Waals surface area contributed by atoms with Crippen LogP contribution in [-0.2, 0) is 14.8 Å².